The van der Waals surface area contributed by atoms with Crippen molar-refractivity contribution < 1.29 is 9.53 Å². The molecule has 1 saturated carbocycles. The minimum atomic E-state index is 0.0426. The molecule has 3 rings (SSSR count). The van der Waals surface area contributed by atoms with Gasteiger partial charge in [-0.1, -0.05) is 24.2 Å². The molecule has 1 aromatic carbocycles. The van der Waals surface area contributed by atoms with E-state index in [1.165, 1.54) is 37.0 Å². The van der Waals surface area contributed by atoms with Crippen molar-refractivity contribution in [2.75, 3.05) is 17.7 Å². The number of amides is 1. The van der Waals surface area contributed by atoms with Crippen LogP contribution in [0, 0.1) is 0 Å². The molecular formula is C16H20N2O2S2. The third-order valence-corrected chi connectivity index (χ3v) is 5.97. The zero-order chi connectivity index (χ0) is 15.4. The Morgan fingerprint density at radius 1 is 1.45 bits per heavy atom. The first-order valence-corrected chi connectivity index (χ1v) is 9.56. The lowest BCUT2D eigenvalue weighted by molar-refractivity contribution is -0.113. The minimum absolute atomic E-state index is 0.0426. The van der Waals surface area contributed by atoms with Crippen molar-refractivity contribution in [3.8, 4) is 5.75 Å². The lowest BCUT2D eigenvalue weighted by Gasteiger charge is -2.07. The second-order valence-electron chi connectivity index (χ2n) is 5.35. The lowest BCUT2D eigenvalue weighted by Crippen LogP contribution is -2.15. The Morgan fingerprint density at radius 3 is 3.05 bits per heavy atom. The molecule has 0 aliphatic heterocycles. The van der Waals surface area contributed by atoms with Crippen LogP contribution < -0.4 is 10.1 Å². The highest BCUT2D eigenvalue weighted by molar-refractivity contribution is 8.00. The average molecular weight is 336 g/mol. The summed E-state index contributed by atoms with van der Waals surface area (Å²) in [5, 5.41) is 4.24. The standard InChI is InChI=1S/C16H20N2O2S2/c1-2-20-11-7-8-13-14(9-11)22-16(17-13)18-15(19)10-21-12-5-3-4-6-12/h7-9,12H,2-6,10H2,1H3,(H,17,18,19). The first-order chi connectivity index (χ1) is 10.7. The monoisotopic (exact) mass is 336 g/mol. The predicted octanol–water partition coefficient (Wildman–Crippen LogP) is 4.31. The van der Waals surface area contributed by atoms with E-state index in [9.17, 15) is 4.79 Å². The molecule has 0 saturated heterocycles. The number of ether oxygens (including phenoxy) is 1. The van der Waals surface area contributed by atoms with Crippen LogP contribution in [0.1, 0.15) is 32.6 Å². The summed E-state index contributed by atoms with van der Waals surface area (Å²) in [5.74, 6) is 1.40. The SMILES string of the molecule is CCOc1ccc2nc(NC(=O)CSC3CCCC3)sc2c1. The molecule has 1 aromatic heterocycles. The molecular weight excluding hydrogens is 316 g/mol. The number of carbonyl (C=O) groups is 1. The first-order valence-electron chi connectivity index (χ1n) is 7.69. The van der Waals surface area contributed by atoms with Crippen molar-refractivity contribution in [3.63, 3.8) is 0 Å². The third kappa shape index (κ3) is 3.93. The van der Waals surface area contributed by atoms with Gasteiger partial charge in [0.05, 0.1) is 22.6 Å². The minimum Gasteiger partial charge on any atom is -0.494 e. The van der Waals surface area contributed by atoms with Gasteiger partial charge in [0.1, 0.15) is 5.75 Å². The second-order valence-corrected chi connectivity index (χ2v) is 7.67. The number of rotatable bonds is 6. The van der Waals surface area contributed by atoms with Crippen LogP contribution in [0.15, 0.2) is 18.2 Å². The van der Waals surface area contributed by atoms with Crippen molar-refractivity contribution in [2.24, 2.45) is 0 Å². The van der Waals surface area contributed by atoms with E-state index in [-0.39, 0.29) is 5.91 Å². The fourth-order valence-electron chi connectivity index (χ4n) is 2.62. The number of carbonyl (C=O) groups excluding carboxylic acids is 1. The molecule has 0 unspecified atom stereocenters. The number of anilines is 1. The number of thioether (sulfide) groups is 1. The van der Waals surface area contributed by atoms with Gasteiger partial charge in [-0.3, -0.25) is 4.79 Å². The van der Waals surface area contributed by atoms with Gasteiger partial charge in [-0.15, -0.1) is 11.8 Å². The largest absolute Gasteiger partial charge is 0.494 e. The Hall–Kier alpha value is -1.27. The highest BCUT2D eigenvalue weighted by Crippen LogP contribution is 2.31. The highest BCUT2D eigenvalue weighted by Gasteiger charge is 2.17. The quantitative estimate of drug-likeness (QED) is 0.854. The van der Waals surface area contributed by atoms with Crippen LogP contribution in [0.25, 0.3) is 10.2 Å². The molecule has 1 N–H and O–H groups in total. The lowest BCUT2D eigenvalue weighted by atomic mass is 10.3. The van der Waals surface area contributed by atoms with Crippen LogP contribution in [0.4, 0.5) is 5.13 Å². The van der Waals surface area contributed by atoms with Gasteiger partial charge in [-0.2, -0.15) is 0 Å². The highest BCUT2D eigenvalue weighted by atomic mass is 32.2. The second kappa shape index (κ2) is 7.33. The fraction of sp³-hybridized carbons (Fsp3) is 0.500. The summed E-state index contributed by atoms with van der Waals surface area (Å²) in [5.41, 5.74) is 0.896. The van der Waals surface area contributed by atoms with Crippen molar-refractivity contribution in [1.29, 1.82) is 0 Å². The van der Waals surface area contributed by atoms with Gasteiger partial charge in [-0.25, -0.2) is 4.98 Å². The summed E-state index contributed by atoms with van der Waals surface area (Å²) in [6.07, 6.45) is 5.11. The van der Waals surface area contributed by atoms with Gasteiger partial charge in [-0.05, 0) is 38.0 Å². The molecule has 0 atom stereocenters. The van der Waals surface area contributed by atoms with Gasteiger partial charge >= 0.3 is 0 Å². The maximum absolute atomic E-state index is 12.0. The van der Waals surface area contributed by atoms with E-state index in [1.807, 2.05) is 25.1 Å². The van der Waals surface area contributed by atoms with Crippen molar-refractivity contribution >= 4 is 44.4 Å². The summed E-state index contributed by atoms with van der Waals surface area (Å²) in [6, 6.07) is 5.81. The molecule has 1 fully saturated rings. The van der Waals surface area contributed by atoms with E-state index >= 15 is 0 Å². The number of benzene rings is 1. The number of hydrogen-bond acceptors (Lipinski definition) is 5. The summed E-state index contributed by atoms with van der Waals surface area (Å²) >= 11 is 3.26. The summed E-state index contributed by atoms with van der Waals surface area (Å²) in [6.45, 7) is 2.61. The van der Waals surface area contributed by atoms with Crippen molar-refractivity contribution in [2.45, 2.75) is 37.9 Å². The van der Waals surface area contributed by atoms with Gasteiger partial charge < -0.3 is 10.1 Å². The van der Waals surface area contributed by atoms with Gasteiger partial charge in [0, 0.05) is 5.25 Å². The van der Waals surface area contributed by atoms with Crippen LogP contribution in [-0.4, -0.2) is 28.5 Å². The Labute approximate surface area is 138 Å². The maximum Gasteiger partial charge on any atom is 0.236 e. The van der Waals surface area contributed by atoms with Crippen LogP contribution in [0.3, 0.4) is 0 Å². The Morgan fingerprint density at radius 2 is 2.27 bits per heavy atom. The van der Waals surface area contributed by atoms with E-state index in [4.69, 9.17) is 4.74 Å². The molecule has 0 radical (unpaired) electrons. The normalized spacial score (nSPS) is 15.3. The third-order valence-electron chi connectivity index (χ3n) is 3.67. The van der Waals surface area contributed by atoms with E-state index in [0.717, 1.165) is 16.0 Å². The predicted molar refractivity (Wildman–Crippen MR) is 94.1 cm³/mol. The van der Waals surface area contributed by atoms with E-state index in [0.29, 0.717) is 22.7 Å². The van der Waals surface area contributed by atoms with Crippen LogP contribution in [-0.2, 0) is 4.79 Å². The van der Waals surface area contributed by atoms with Gasteiger partial charge in [0.15, 0.2) is 5.13 Å². The van der Waals surface area contributed by atoms with E-state index in [2.05, 4.69) is 10.3 Å². The van der Waals surface area contributed by atoms with Crippen molar-refractivity contribution in [1.82, 2.24) is 4.98 Å². The average Bonchev–Trinajstić information content (AvgIpc) is 3.13. The summed E-state index contributed by atoms with van der Waals surface area (Å²) in [7, 11) is 0. The summed E-state index contributed by atoms with van der Waals surface area (Å²) in [4.78, 5) is 16.5. The topological polar surface area (TPSA) is 51.2 Å². The number of nitrogens with zero attached hydrogens (tertiary/aromatic N) is 1. The number of thiazole rings is 1. The van der Waals surface area contributed by atoms with E-state index in [1.54, 1.807) is 11.8 Å². The van der Waals surface area contributed by atoms with Gasteiger partial charge in [0.25, 0.3) is 0 Å². The maximum atomic E-state index is 12.0. The molecule has 1 amide bonds. The zero-order valence-corrected chi connectivity index (χ0v) is 14.3. The molecule has 6 heteroatoms. The molecule has 118 valence electrons. The Bertz CT molecular complexity index is 651. The van der Waals surface area contributed by atoms with Crippen LogP contribution in [0.5, 0.6) is 5.75 Å². The number of fused-ring (bicyclic) bond motifs is 1. The van der Waals surface area contributed by atoms with Crippen molar-refractivity contribution in [3.05, 3.63) is 18.2 Å². The Kier molecular flexibility index (Phi) is 5.20. The molecule has 22 heavy (non-hydrogen) atoms. The molecule has 0 spiro atoms. The zero-order valence-electron chi connectivity index (χ0n) is 12.6. The summed E-state index contributed by atoms with van der Waals surface area (Å²) < 4.78 is 6.52. The van der Waals surface area contributed by atoms with Crippen LogP contribution >= 0.6 is 23.1 Å². The molecule has 1 aliphatic carbocycles. The van der Waals surface area contributed by atoms with E-state index < -0.39 is 0 Å². The number of aromatic nitrogens is 1. The fourth-order valence-corrected chi connectivity index (χ4v) is 4.66. The van der Waals surface area contributed by atoms with Gasteiger partial charge in [0.2, 0.25) is 5.91 Å². The Balaban J connectivity index is 1.59. The number of nitrogens with one attached hydrogen (secondary N) is 1. The molecule has 4 nitrogen and oxygen atoms in total. The molecule has 0 bridgehead atoms. The first kappa shape index (κ1) is 15.6. The molecule has 1 aliphatic rings. The van der Waals surface area contributed by atoms with Crippen LogP contribution in [0.2, 0.25) is 0 Å². The molecule has 1 heterocycles. The number of hydrogen-bond donors (Lipinski definition) is 1. The molecule has 2 aromatic rings. The smallest absolute Gasteiger partial charge is 0.236 e.